The summed E-state index contributed by atoms with van der Waals surface area (Å²) in [6.07, 6.45) is 1.52. The van der Waals surface area contributed by atoms with Gasteiger partial charge in [0.15, 0.2) is 0 Å². The van der Waals surface area contributed by atoms with Gasteiger partial charge in [-0.2, -0.15) is 0 Å². The summed E-state index contributed by atoms with van der Waals surface area (Å²) in [4.78, 5) is 0. The van der Waals surface area contributed by atoms with Gasteiger partial charge in [0.25, 0.3) is 0 Å². The maximum atomic E-state index is 5.86. The van der Waals surface area contributed by atoms with Crippen molar-refractivity contribution in [3.8, 4) is 0 Å². The largest absolute Gasteiger partial charge is 0.379 e. The molecule has 1 aliphatic rings. The number of hydrogen-bond acceptors (Lipinski definition) is 4. The van der Waals surface area contributed by atoms with Crippen LogP contribution in [0.4, 0.5) is 0 Å². The van der Waals surface area contributed by atoms with Gasteiger partial charge in [-0.25, -0.2) is 0 Å². The Morgan fingerprint density at radius 2 is 2.06 bits per heavy atom. The maximum Gasteiger partial charge on any atom is 0.104 e. The Bertz CT molecular complexity index is 211. The number of ether oxygens (including phenoxy) is 4. The van der Waals surface area contributed by atoms with E-state index in [4.69, 9.17) is 18.9 Å². The van der Waals surface area contributed by atoms with E-state index in [1.165, 1.54) is 6.04 Å². The second-order valence-corrected chi connectivity index (χ2v) is 7.71. The highest BCUT2D eigenvalue weighted by molar-refractivity contribution is 6.39. The van der Waals surface area contributed by atoms with E-state index >= 15 is 0 Å². The van der Waals surface area contributed by atoms with Crippen LogP contribution in [-0.4, -0.2) is 60.5 Å². The van der Waals surface area contributed by atoms with Gasteiger partial charge in [0.2, 0.25) is 0 Å². The standard InChI is InChI=1S/C13H28O4Si/c1-4-14-11-13(3,17-5-2)18-8-6-7-15-9-12-10-16-12/h12H,4-11,18H2,1-3H3. The molecule has 0 aromatic rings. The molecule has 4 nitrogen and oxygen atoms in total. The van der Waals surface area contributed by atoms with Crippen LogP contribution in [0.2, 0.25) is 6.04 Å². The molecule has 0 aromatic heterocycles. The second-order valence-electron chi connectivity index (χ2n) is 5.01. The Morgan fingerprint density at radius 3 is 2.67 bits per heavy atom. The van der Waals surface area contributed by atoms with Gasteiger partial charge in [-0.05, 0) is 27.2 Å². The van der Waals surface area contributed by atoms with E-state index in [-0.39, 0.29) is 14.7 Å². The van der Waals surface area contributed by atoms with E-state index in [0.717, 1.165) is 46.1 Å². The Hall–Kier alpha value is 0.0569. The van der Waals surface area contributed by atoms with Crippen LogP contribution in [0.3, 0.4) is 0 Å². The van der Waals surface area contributed by atoms with Crippen molar-refractivity contribution in [2.24, 2.45) is 0 Å². The highest BCUT2D eigenvalue weighted by Gasteiger charge is 2.25. The minimum atomic E-state index is -0.293. The summed E-state index contributed by atoms with van der Waals surface area (Å²) in [7, 11) is -0.293. The van der Waals surface area contributed by atoms with Gasteiger partial charge in [-0.3, -0.25) is 0 Å². The first kappa shape index (κ1) is 16.1. The molecular weight excluding hydrogens is 248 g/mol. The van der Waals surface area contributed by atoms with Crippen LogP contribution < -0.4 is 0 Å². The fourth-order valence-electron chi connectivity index (χ4n) is 1.93. The number of rotatable bonds is 12. The number of hydrogen-bond donors (Lipinski definition) is 0. The van der Waals surface area contributed by atoms with Gasteiger partial charge in [0, 0.05) is 19.8 Å². The highest BCUT2D eigenvalue weighted by atomic mass is 28.2. The van der Waals surface area contributed by atoms with Crippen LogP contribution in [0.5, 0.6) is 0 Å². The quantitative estimate of drug-likeness (QED) is 0.305. The molecule has 0 aromatic carbocycles. The lowest BCUT2D eigenvalue weighted by molar-refractivity contribution is -0.0292. The van der Waals surface area contributed by atoms with Gasteiger partial charge in [0.1, 0.15) is 6.10 Å². The zero-order valence-electron chi connectivity index (χ0n) is 12.1. The first-order chi connectivity index (χ1) is 8.70. The third-order valence-electron chi connectivity index (χ3n) is 3.05. The van der Waals surface area contributed by atoms with Gasteiger partial charge in [0.05, 0.1) is 34.6 Å². The molecule has 2 atom stereocenters. The third kappa shape index (κ3) is 7.48. The van der Waals surface area contributed by atoms with Crippen molar-refractivity contribution < 1.29 is 18.9 Å². The lowest BCUT2D eigenvalue weighted by atomic mass is 10.4. The monoisotopic (exact) mass is 276 g/mol. The summed E-state index contributed by atoms with van der Waals surface area (Å²) in [6, 6.07) is 1.25. The number of epoxide rings is 1. The maximum absolute atomic E-state index is 5.86. The molecule has 18 heavy (non-hydrogen) atoms. The van der Waals surface area contributed by atoms with Gasteiger partial charge < -0.3 is 18.9 Å². The van der Waals surface area contributed by atoms with Crippen molar-refractivity contribution in [3.63, 3.8) is 0 Å². The highest BCUT2D eigenvalue weighted by Crippen LogP contribution is 2.13. The van der Waals surface area contributed by atoms with Crippen molar-refractivity contribution in [2.75, 3.05) is 39.6 Å². The lowest BCUT2D eigenvalue weighted by Crippen LogP contribution is -2.41. The molecule has 0 radical (unpaired) electrons. The Balaban J connectivity index is 2.03. The average Bonchev–Trinajstić information content (AvgIpc) is 3.16. The Labute approximate surface area is 113 Å². The zero-order valence-corrected chi connectivity index (χ0v) is 13.5. The van der Waals surface area contributed by atoms with Crippen molar-refractivity contribution in [1.82, 2.24) is 0 Å². The normalized spacial score (nSPS) is 22.5. The van der Waals surface area contributed by atoms with Crippen LogP contribution in [0.15, 0.2) is 0 Å². The molecule has 2 unspecified atom stereocenters. The summed E-state index contributed by atoms with van der Waals surface area (Å²) < 4.78 is 22.0. The molecular formula is C13H28O4Si. The molecule has 0 N–H and O–H groups in total. The lowest BCUT2D eigenvalue weighted by Gasteiger charge is -2.29. The van der Waals surface area contributed by atoms with E-state index in [2.05, 4.69) is 13.8 Å². The van der Waals surface area contributed by atoms with Crippen molar-refractivity contribution in [2.45, 2.75) is 44.6 Å². The van der Waals surface area contributed by atoms with Crippen molar-refractivity contribution in [1.29, 1.82) is 0 Å². The third-order valence-corrected chi connectivity index (χ3v) is 5.37. The fraction of sp³-hybridized carbons (Fsp3) is 1.00. The predicted octanol–water partition coefficient (Wildman–Crippen LogP) is 1.17. The molecule has 108 valence electrons. The van der Waals surface area contributed by atoms with E-state index in [9.17, 15) is 0 Å². The van der Waals surface area contributed by atoms with E-state index in [0.29, 0.717) is 6.10 Å². The molecule has 5 heteroatoms. The molecule has 1 aliphatic heterocycles. The van der Waals surface area contributed by atoms with Gasteiger partial charge >= 0.3 is 0 Å². The fourth-order valence-corrected chi connectivity index (χ4v) is 3.77. The topological polar surface area (TPSA) is 40.2 Å². The summed E-state index contributed by atoms with van der Waals surface area (Å²) in [5.41, 5.74) is 0. The average molecular weight is 276 g/mol. The van der Waals surface area contributed by atoms with Crippen LogP contribution in [0, 0.1) is 0 Å². The zero-order chi connectivity index (χ0) is 13.3. The van der Waals surface area contributed by atoms with Crippen molar-refractivity contribution in [3.05, 3.63) is 0 Å². The van der Waals surface area contributed by atoms with Gasteiger partial charge in [-0.1, -0.05) is 6.04 Å². The Morgan fingerprint density at radius 1 is 1.28 bits per heavy atom. The molecule has 0 spiro atoms. The molecule has 1 fully saturated rings. The van der Waals surface area contributed by atoms with Crippen LogP contribution in [0.1, 0.15) is 27.2 Å². The van der Waals surface area contributed by atoms with Crippen LogP contribution >= 0.6 is 0 Å². The van der Waals surface area contributed by atoms with E-state index in [1.807, 2.05) is 6.92 Å². The van der Waals surface area contributed by atoms with E-state index in [1.54, 1.807) is 0 Å². The molecule has 1 rings (SSSR count). The van der Waals surface area contributed by atoms with E-state index < -0.39 is 0 Å². The SMILES string of the molecule is CCOCC(C)(OCC)[SiH2]CCCOCC1CO1. The van der Waals surface area contributed by atoms with Crippen LogP contribution in [0.25, 0.3) is 0 Å². The molecule has 1 heterocycles. The summed E-state index contributed by atoms with van der Waals surface area (Å²) in [6.45, 7) is 11.0. The second kappa shape index (κ2) is 9.04. The van der Waals surface area contributed by atoms with Crippen molar-refractivity contribution >= 4 is 9.52 Å². The summed E-state index contributed by atoms with van der Waals surface area (Å²) in [5, 5.41) is -0.00956. The molecule has 0 amide bonds. The van der Waals surface area contributed by atoms with Gasteiger partial charge in [-0.15, -0.1) is 0 Å². The molecule has 1 saturated heterocycles. The molecule has 0 saturated carbocycles. The molecule has 0 bridgehead atoms. The predicted molar refractivity (Wildman–Crippen MR) is 75.1 cm³/mol. The Kier molecular flexibility index (Phi) is 8.09. The summed E-state index contributed by atoms with van der Waals surface area (Å²) in [5.74, 6) is 0. The van der Waals surface area contributed by atoms with Crippen LogP contribution in [-0.2, 0) is 18.9 Å². The minimum Gasteiger partial charge on any atom is -0.379 e. The minimum absolute atomic E-state index is 0.00956. The molecule has 0 aliphatic carbocycles. The smallest absolute Gasteiger partial charge is 0.104 e. The first-order valence-corrected chi connectivity index (χ1v) is 8.82. The first-order valence-electron chi connectivity index (χ1n) is 7.11. The summed E-state index contributed by atoms with van der Waals surface area (Å²) >= 11 is 0.